The van der Waals surface area contributed by atoms with Gasteiger partial charge in [0.25, 0.3) is 0 Å². The number of amides is 1. The van der Waals surface area contributed by atoms with E-state index in [0.29, 0.717) is 11.3 Å². The molecule has 8 heteroatoms. The molecule has 0 saturated heterocycles. The Labute approximate surface area is 137 Å². The number of nitrogens with one attached hydrogen (secondary N) is 1. The van der Waals surface area contributed by atoms with Gasteiger partial charge < -0.3 is 26.7 Å². The number of carboxylic acid groups (broad SMARTS) is 1. The van der Waals surface area contributed by atoms with Crippen molar-refractivity contribution in [2.45, 2.75) is 0 Å². The van der Waals surface area contributed by atoms with Crippen LogP contribution >= 0.6 is 0 Å². The molecule has 24 heavy (non-hydrogen) atoms. The summed E-state index contributed by atoms with van der Waals surface area (Å²) in [6.45, 7) is 0. The number of primary amides is 1. The Hall–Kier alpha value is -3.52. The summed E-state index contributed by atoms with van der Waals surface area (Å²) in [5.74, 6) is 3.25. The van der Waals surface area contributed by atoms with Crippen LogP contribution < -0.4 is 27.5 Å². The van der Waals surface area contributed by atoms with Crippen LogP contribution in [-0.2, 0) is 4.79 Å². The molecule has 8 nitrogen and oxygen atoms in total. The van der Waals surface area contributed by atoms with Crippen LogP contribution in [0.5, 0.6) is 5.75 Å². The molecule has 0 aromatic heterocycles. The van der Waals surface area contributed by atoms with E-state index in [0.717, 1.165) is 11.1 Å². The van der Waals surface area contributed by atoms with Crippen molar-refractivity contribution in [3.63, 3.8) is 0 Å². The Morgan fingerprint density at radius 2 is 1.42 bits per heavy atom. The summed E-state index contributed by atoms with van der Waals surface area (Å²) in [6.07, 6.45) is 0. The van der Waals surface area contributed by atoms with Crippen LogP contribution in [0, 0.1) is 0 Å². The minimum absolute atomic E-state index is 0.346. The molecule has 8 N–H and O–H groups in total. The molecular formula is C16H16N4O4. The average Bonchev–Trinajstić information content (AvgIpc) is 2.56. The lowest BCUT2D eigenvalue weighted by Gasteiger charge is -2.10. The molecule has 0 aliphatic rings. The quantitative estimate of drug-likeness (QED) is 0.224. The molecular weight excluding hydrogens is 312 g/mol. The summed E-state index contributed by atoms with van der Waals surface area (Å²) in [5, 5.41) is 8.88. The first-order chi connectivity index (χ1) is 11.4. The number of hydrazine groups is 1. The predicted molar refractivity (Wildman–Crippen MR) is 87.2 cm³/mol. The fourth-order valence-corrected chi connectivity index (χ4v) is 1.96. The summed E-state index contributed by atoms with van der Waals surface area (Å²) in [6, 6.07) is 13.6. The SMILES string of the molecule is NN/C(C(=O)O)=C(\N)Oc1ccc(-c2ccc(C(N)=O)cc2)cc1. The third kappa shape index (κ3) is 3.81. The molecule has 0 heterocycles. The number of nitrogens with two attached hydrogens (primary N) is 3. The van der Waals surface area contributed by atoms with Crippen molar-refractivity contribution in [1.29, 1.82) is 0 Å². The van der Waals surface area contributed by atoms with Gasteiger partial charge in [0, 0.05) is 5.56 Å². The molecule has 0 radical (unpaired) electrons. The van der Waals surface area contributed by atoms with Crippen molar-refractivity contribution >= 4 is 11.9 Å². The van der Waals surface area contributed by atoms with Crippen LogP contribution in [0.2, 0.25) is 0 Å². The number of benzene rings is 2. The fraction of sp³-hybridized carbons (Fsp3) is 0. The molecule has 1 amide bonds. The van der Waals surface area contributed by atoms with Gasteiger partial charge in [-0.2, -0.15) is 0 Å². The maximum Gasteiger partial charge on any atom is 0.358 e. The molecule has 2 aromatic carbocycles. The highest BCUT2D eigenvalue weighted by atomic mass is 16.5. The Kier molecular flexibility index (Phi) is 5.03. The lowest BCUT2D eigenvalue weighted by Crippen LogP contribution is -2.31. The lowest BCUT2D eigenvalue weighted by molar-refractivity contribution is -0.133. The zero-order valence-electron chi connectivity index (χ0n) is 12.5. The van der Waals surface area contributed by atoms with Crippen molar-refractivity contribution in [1.82, 2.24) is 5.43 Å². The van der Waals surface area contributed by atoms with Gasteiger partial charge >= 0.3 is 5.97 Å². The Morgan fingerprint density at radius 1 is 0.917 bits per heavy atom. The van der Waals surface area contributed by atoms with Crippen LogP contribution in [0.4, 0.5) is 0 Å². The highest BCUT2D eigenvalue weighted by Gasteiger charge is 2.13. The molecule has 2 aromatic rings. The van der Waals surface area contributed by atoms with Crippen LogP contribution in [0.25, 0.3) is 11.1 Å². The molecule has 0 aliphatic carbocycles. The second-order valence-corrected chi connectivity index (χ2v) is 4.76. The topological polar surface area (TPSA) is 154 Å². The van der Waals surface area contributed by atoms with E-state index in [1.54, 1.807) is 48.5 Å². The average molecular weight is 328 g/mol. The number of ether oxygens (including phenoxy) is 1. The Bertz CT molecular complexity index is 783. The molecule has 2 rings (SSSR count). The van der Waals surface area contributed by atoms with Crippen molar-refractivity contribution in [2.24, 2.45) is 17.3 Å². The van der Waals surface area contributed by atoms with Crippen LogP contribution in [0.15, 0.2) is 60.1 Å². The summed E-state index contributed by atoms with van der Waals surface area (Å²) >= 11 is 0. The van der Waals surface area contributed by atoms with Crippen LogP contribution in [0.3, 0.4) is 0 Å². The zero-order valence-corrected chi connectivity index (χ0v) is 12.5. The number of aliphatic carboxylic acids is 1. The number of carboxylic acids is 1. The molecule has 124 valence electrons. The first-order valence-electron chi connectivity index (χ1n) is 6.80. The number of carbonyl (C=O) groups is 2. The second-order valence-electron chi connectivity index (χ2n) is 4.76. The van der Waals surface area contributed by atoms with Gasteiger partial charge in [0.2, 0.25) is 11.8 Å². The zero-order chi connectivity index (χ0) is 17.7. The summed E-state index contributed by atoms with van der Waals surface area (Å²) in [5.41, 5.74) is 14.4. The minimum atomic E-state index is -1.33. The van der Waals surface area contributed by atoms with Gasteiger partial charge in [-0.05, 0) is 35.4 Å². The van der Waals surface area contributed by atoms with E-state index in [1.807, 2.05) is 5.43 Å². The van der Waals surface area contributed by atoms with E-state index in [4.69, 9.17) is 27.2 Å². The first kappa shape index (κ1) is 16.8. The van der Waals surface area contributed by atoms with Crippen molar-refractivity contribution < 1.29 is 19.4 Å². The van der Waals surface area contributed by atoms with Gasteiger partial charge in [0.15, 0.2) is 5.70 Å². The van der Waals surface area contributed by atoms with E-state index < -0.39 is 17.6 Å². The standard InChI is InChI=1S/C16H16N4O4/c17-14(21)11-3-1-9(2-4-11)10-5-7-12(8-6-10)24-15(18)13(20-19)16(22)23/h1-8,20H,18-19H2,(H2,17,21)(H,22,23)/b15-13+. The van der Waals surface area contributed by atoms with Crippen molar-refractivity contribution in [3.8, 4) is 16.9 Å². The smallest absolute Gasteiger partial charge is 0.358 e. The van der Waals surface area contributed by atoms with Crippen LogP contribution in [-0.4, -0.2) is 17.0 Å². The molecule has 0 fully saturated rings. The van der Waals surface area contributed by atoms with E-state index in [9.17, 15) is 9.59 Å². The molecule has 0 saturated carbocycles. The summed E-state index contributed by atoms with van der Waals surface area (Å²) < 4.78 is 5.24. The number of hydrogen-bond donors (Lipinski definition) is 5. The van der Waals surface area contributed by atoms with E-state index >= 15 is 0 Å². The van der Waals surface area contributed by atoms with Crippen LogP contribution in [0.1, 0.15) is 10.4 Å². The van der Waals surface area contributed by atoms with Gasteiger partial charge in [-0.1, -0.05) is 24.3 Å². The van der Waals surface area contributed by atoms with Crippen molar-refractivity contribution in [2.75, 3.05) is 0 Å². The minimum Gasteiger partial charge on any atom is -0.476 e. The van der Waals surface area contributed by atoms with E-state index in [-0.39, 0.29) is 5.88 Å². The van der Waals surface area contributed by atoms with Gasteiger partial charge in [-0.25, -0.2) is 4.79 Å². The summed E-state index contributed by atoms with van der Waals surface area (Å²) in [7, 11) is 0. The maximum absolute atomic E-state index is 11.1. The normalized spacial score (nSPS) is 11.4. The molecule has 0 aliphatic heterocycles. The molecule has 0 atom stereocenters. The highest BCUT2D eigenvalue weighted by Crippen LogP contribution is 2.23. The summed E-state index contributed by atoms with van der Waals surface area (Å²) in [4.78, 5) is 21.9. The van der Waals surface area contributed by atoms with Gasteiger partial charge in [-0.3, -0.25) is 10.6 Å². The largest absolute Gasteiger partial charge is 0.476 e. The highest BCUT2D eigenvalue weighted by molar-refractivity contribution is 5.93. The number of carbonyl (C=O) groups excluding carboxylic acids is 1. The first-order valence-corrected chi connectivity index (χ1v) is 6.80. The molecule has 0 unspecified atom stereocenters. The molecule has 0 bridgehead atoms. The Morgan fingerprint density at radius 3 is 1.83 bits per heavy atom. The predicted octanol–water partition coefficient (Wildman–Crippen LogP) is 0.507. The van der Waals surface area contributed by atoms with Gasteiger partial charge in [-0.15, -0.1) is 0 Å². The van der Waals surface area contributed by atoms with E-state index in [1.165, 1.54) is 0 Å². The number of rotatable bonds is 6. The van der Waals surface area contributed by atoms with Gasteiger partial charge in [0.05, 0.1) is 0 Å². The third-order valence-corrected chi connectivity index (χ3v) is 3.19. The molecule has 0 spiro atoms. The Balaban J connectivity index is 2.19. The monoisotopic (exact) mass is 328 g/mol. The fourth-order valence-electron chi connectivity index (χ4n) is 1.96. The van der Waals surface area contributed by atoms with E-state index in [2.05, 4.69) is 0 Å². The third-order valence-electron chi connectivity index (χ3n) is 3.19. The maximum atomic E-state index is 11.1. The number of hydrogen-bond acceptors (Lipinski definition) is 6. The van der Waals surface area contributed by atoms with Crippen molar-refractivity contribution in [3.05, 3.63) is 65.7 Å². The second kappa shape index (κ2) is 7.16. The van der Waals surface area contributed by atoms with Gasteiger partial charge in [0.1, 0.15) is 5.75 Å². The lowest BCUT2D eigenvalue weighted by atomic mass is 10.0.